The predicted molar refractivity (Wildman–Crippen MR) is 86.5 cm³/mol. The van der Waals surface area contributed by atoms with E-state index in [1.807, 2.05) is 0 Å². The molecule has 1 saturated carbocycles. The van der Waals surface area contributed by atoms with E-state index < -0.39 is 23.7 Å². The Kier molecular flexibility index (Phi) is 4.74. The van der Waals surface area contributed by atoms with Crippen LogP contribution in [0.5, 0.6) is 0 Å². The Morgan fingerprint density at radius 1 is 0.750 bits per heavy atom. The monoisotopic (exact) mass is 334 g/mol. The Morgan fingerprint density at radius 3 is 1.71 bits per heavy atom. The minimum Gasteiger partial charge on any atom is -0.285 e. The van der Waals surface area contributed by atoms with Crippen LogP contribution in [0.25, 0.3) is 0 Å². The zero-order valence-electron chi connectivity index (χ0n) is 14.5. The maximum absolute atomic E-state index is 12.6. The Bertz CT molecular complexity index is 531. The van der Waals surface area contributed by atoms with Crippen LogP contribution in [0, 0.1) is 23.7 Å². The molecular weight excluding hydrogens is 308 g/mol. The zero-order chi connectivity index (χ0) is 17.4. The van der Waals surface area contributed by atoms with Crippen LogP contribution in [0.3, 0.4) is 0 Å². The van der Waals surface area contributed by atoms with Gasteiger partial charge in [-0.1, -0.05) is 32.6 Å². The Balaban J connectivity index is 1.65. The average molecular weight is 334 g/mol. The van der Waals surface area contributed by atoms with Crippen molar-refractivity contribution in [3.63, 3.8) is 0 Å². The molecule has 4 unspecified atom stereocenters. The molecule has 2 saturated heterocycles. The summed E-state index contributed by atoms with van der Waals surface area (Å²) >= 11 is 0. The van der Waals surface area contributed by atoms with Crippen LogP contribution in [0.4, 0.5) is 0 Å². The number of unbranched alkanes of at least 4 members (excludes halogenated alkanes) is 4. The molecule has 3 fully saturated rings. The fourth-order valence-electron chi connectivity index (χ4n) is 4.50. The first-order valence-electron chi connectivity index (χ1n) is 9.14. The molecular formula is C18H26N2O4. The van der Waals surface area contributed by atoms with E-state index in [0.717, 1.165) is 30.6 Å². The van der Waals surface area contributed by atoms with Gasteiger partial charge in [0.05, 0.1) is 23.7 Å². The number of likely N-dealkylation sites (tertiary alicyclic amines) is 2. The van der Waals surface area contributed by atoms with E-state index in [1.165, 1.54) is 18.4 Å². The molecule has 6 nitrogen and oxygen atoms in total. The standard InChI is InChI=1S/C18H26N2O4/c1-3-4-5-6-7-8-20-17(23)13-9-11-12(10-14(13)18(20)24)16(22)19(2)15(11)21/h11-14H,3-10H2,1-2H3. The SMILES string of the molecule is CCCCCCCN1C(=O)C2CC3C(=O)N(C)C(=O)C3CC2C1=O. The van der Waals surface area contributed by atoms with Gasteiger partial charge in [0, 0.05) is 13.6 Å². The van der Waals surface area contributed by atoms with Crippen molar-refractivity contribution in [1.29, 1.82) is 0 Å². The molecule has 1 aliphatic carbocycles. The van der Waals surface area contributed by atoms with Gasteiger partial charge in [-0.15, -0.1) is 0 Å². The third-order valence-electron chi connectivity index (χ3n) is 5.93. The predicted octanol–water partition coefficient (Wildman–Crippen LogP) is 1.58. The lowest BCUT2D eigenvalue weighted by atomic mass is 9.70. The van der Waals surface area contributed by atoms with Crippen LogP contribution < -0.4 is 0 Å². The number of carbonyl (C=O) groups excluding carboxylic acids is 4. The summed E-state index contributed by atoms with van der Waals surface area (Å²) in [4.78, 5) is 52.2. The summed E-state index contributed by atoms with van der Waals surface area (Å²) in [6.07, 6.45) is 6.01. The highest BCUT2D eigenvalue weighted by Crippen LogP contribution is 2.47. The number of carbonyl (C=O) groups is 4. The normalized spacial score (nSPS) is 32.6. The summed E-state index contributed by atoms with van der Waals surface area (Å²) < 4.78 is 0. The lowest BCUT2D eigenvalue weighted by molar-refractivity contribution is -0.140. The number of amides is 4. The van der Waals surface area contributed by atoms with Gasteiger partial charge < -0.3 is 0 Å². The molecule has 132 valence electrons. The van der Waals surface area contributed by atoms with Gasteiger partial charge >= 0.3 is 0 Å². The number of hydrogen-bond donors (Lipinski definition) is 0. The second-order valence-electron chi connectivity index (χ2n) is 7.38. The van der Waals surface area contributed by atoms with E-state index in [4.69, 9.17) is 0 Å². The minimum atomic E-state index is -0.412. The van der Waals surface area contributed by atoms with Gasteiger partial charge in [-0.25, -0.2) is 0 Å². The molecule has 0 aromatic carbocycles. The Hall–Kier alpha value is -1.72. The summed E-state index contributed by atoms with van der Waals surface area (Å²) in [5.41, 5.74) is 0. The second kappa shape index (κ2) is 6.65. The molecule has 6 heteroatoms. The molecule has 2 aliphatic heterocycles. The Morgan fingerprint density at radius 2 is 1.21 bits per heavy atom. The van der Waals surface area contributed by atoms with Crippen molar-refractivity contribution in [2.24, 2.45) is 23.7 Å². The third-order valence-corrected chi connectivity index (χ3v) is 5.93. The molecule has 3 aliphatic rings. The smallest absolute Gasteiger partial charge is 0.233 e. The number of nitrogens with zero attached hydrogens (tertiary/aromatic N) is 2. The fourth-order valence-corrected chi connectivity index (χ4v) is 4.50. The number of rotatable bonds is 6. The van der Waals surface area contributed by atoms with E-state index in [0.29, 0.717) is 19.4 Å². The van der Waals surface area contributed by atoms with E-state index in [-0.39, 0.29) is 23.6 Å². The molecule has 24 heavy (non-hydrogen) atoms. The first kappa shape index (κ1) is 17.1. The van der Waals surface area contributed by atoms with Crippen molar-refractivity contribution < 1.29 is 19.2 Å². The minimum absolute atomic E-state index is 0.131. The number of fused-ring (bicyclic) bond motifs is 2. The molecule has 0 radical (unpaired) electrons. The second-order valence-corrected chi connectivity index (χ2v) is 7.38. The van der Waals surface area contributed by atoms with E-state index in [9.17, 15) is 19.2 Å². The molecule has 4 amide bonds. The summed E-state index contributed by atoms with van der Waals surface area (Å²) in [7, 11) is 1.49. The molecule has 3 rings (SSSR count). The van der Waals surface area contributed by atoms with Gasteiger partial charge in [-0.3, -0.25) is 29.0 Å². The molecule has 4 atom stereocenters. The average Bonchev–Trinajstić information content (AvgIpc) is 2.94. The summed E-state index contributed by atoms with van der Waals surface area (Å²) in [6, 6.07) is 0. The van der Waals surface area contributed by atoms with Crippen LogP contribution in [0.15, 0.2) is 0 Å². The van der Waals surface area contributed by atoms with Crippen molar-refractivity contribution in [3.8, 4) is 0 Å². The lowest BCUT2D eigenvalue weighted by Crippen LogP contribution is -2.35. The highest BCUT2D eigenvalue weighted by atomic mass is 16.2. The van der Waals surface area contributed by atoms with Gasteiger partial charge in [0.25, 0.3) is 0 Å². The van der Waals surface area contributed by atoms with Crippen molar-refractivity contribution in [1.82, 2.24) is 9.80 Å². The summed E-state index contributed by atoms with van der Waals surface area (Å²) in [5, 5.41) is 0. The highest BCUT2D eigenvalue weighted by molar-refractivity contribution is 6.09. The summed E-state index contributed by atoms with van der Waals surface area (Å²) in [5.74, 6) is -2.28. The van der Waals surface area contributed by atoms with Crippen LogP contribution in [0.1, 0.15) is 51.9 Å². The Labute approximate surface area is 142 Å². The lowest BCUT2D eigenvalue weighted by Gasteiger charge is -2.28. The van der Waals surface area contributed by atoms with Crippen LogP contribution in [0.2, 0.25) is 0 Å². The quantitative estimate of drug-likeness (QED) is 0.546. The highest BCUT2D eigenvalue weighted by Gasteiger charge is 2.58. The summed E-state index contributed by atoms with van der Waals surface area (Å²) in [6.45, 7) is 2.63. The number of hydrogen-bond acceptors (Lipinski definition) is 4. The first-order chi connectivity index (χ1) is 11.5. The third kappa shape index (κ3) is 2.66. The fraction of sp³-hybridized carbons (Fsp3) is 0.778. The zero-order valence-corrected chi connectivity index (χ0v) is 14.5. The van der Waals surface area contributed by atoms with Crippen molar-refractivity contribution in [2.75, 3.05) is 13.6 Å². The van der Waals surface area contributed by atoms with E-state index in [2.05, 4.69) is 6.92 Å². The molecule has 0 spiro atoms. The van der Waals surface area contributed by atoms with Crippen LogP contribution in [-0.4, -0.2) is 47.0 Å². The largest absolute Gasteiger partial charge is 0.285 e. The first-order valence-corrected chi connectivity index (χ1v) is 9.14. The van der Waals surface area contributed by atoms with Gasteiger partial charge in [0.1, 0.15) is 0 Å². The topological polar surface area (TPSA) is 74.8 Å². The maximum Gasteiger partial charge on any atom is 0.233 e. The molecule has 2 heterocycles. The molecule has 0 bridgehead atoms. The van der Waals surface area contributed by atoms with Crippen LogP contribution >= 0.6 is 0 Å². The van der Waals surface area contributed by atoms with Crippen molar-refractivity contribution >= 4 is 23.6 Å². The molecule has 0 aromatic heterocycles. The molecule has 0 N–H and O–H groups in total. The van der Waals surface area contributed by atoms with E-state index in [1.54, 1.807) is 0 Å². The van der Waals surface area contributed by atoms with Gasteiger partial charge in [0.15, 0.2) is 0 Å². The van der Waals surface area contributed by atoms with E-state index >= 15 is 0 Å². The maximum atomic E-state index is 12.6. The number of imide groups is 2. The van der Waals surface area contributed by atoms with Gasteiger partial charge in [-0.2, -0.15) is 0 Å². The van der Waals surface area contributed by atoms with Gasteiger partial charge in [0.2, 0.25) is 23.6 Å². The van der Waals surface area contributed by atoms with Crippen LogP contribution in [-0.2, 0) is 19.2 Å². The van der Waals surface area contributed by atoms with Crippen molar-refractivity contribution in [2.45, 2.75) is 51.9 Å². The van der Waals surface area contributed by atoms with Crippen molar-refractivity contribution in [3.05, 3.63) is 0 Å². The molecule has 0 aromatic rings. The van der Waals surface area contributed by atoms with Gasteiger partial charge in [-0.05, 0) is 19.3 Å².